The molecule has 0 radical (unpaired) electrons. The van der Waals surface area contributed by atoms with Crippen molar-refractivity contribution in [2.45, 2.75) is 25.9 Å². The molecule has 1 aliphatic rings. The summed E-state index contributed by atoms with van der Waals surface area (Å²) in [5, 5.41) is 11.9. The van der Waals surface area contributed by atoms with Crippen LogP contribution in [0.1, 0.15) is 25.3 Å². The molecule has 0 fully saturated rings. The van der Waals surface area contributed by atoms with Gasteiger partial charge in [0.15, 0.2) is 6.10 Å². The Morgan fingerprint density at radius 2 is 1.96 bits per heavy atom. The van der Waals surface area contributed by atoms with E-state index in [-0.39, 0.29) is 18.4 Å². The maximum Gasteiger partial charge on any atom is 0.310 e. The SMILES string of the molecule is CC1Oc2ccccc2N(CC(=O)Nc2cccc(C(C)C(=O)O)c2)C1=O. The van der Waals surface area contributed by atoms with Gasteiger partial charge in [-0.15, -0.1) is 0 Å². The number of para-hydroxylation sites is 2. The third-order valence-corrected chi connectivity index (χ3v) is 4.42. The molecular formula is C20H20N2O5. The van der Waals surface area contributed by atoms with Crippen molar-refractivity contribution >= 4 is 29.2 Å². The number of carboxylic acid groups (broad SMARTS) is 1. The van der Waals surface area contributed by atoms with Crippen molar-refractivity contribution < 1.29 is 24.2 Å². The van der Waals surface area contributed by atoms with Gasteiger partial charge in [0.1, 0.15) is 12.3 Å². The van der Waals surface area contributed by atoms with Crippen LogP contribution in [0.2, 0.25) is 0 Å². The average Bonchev–Trinajstić information content (AvgIpc) is 2.65. The first-order chi connectivity index (χ1) is 12.9. The molecule has 0 aromatic heterocycles. The van der Waals surface area contributed by atoms with E-state index in [1.807, 2.05) is 0 Å². The lowest BCUT2D eigenvalue weighted by Gasteiger charge is -2.32. The van der Waals surface area contributed by atoms with E-state index in [1.54, 1.807) is 62.4 Å². The standard InChI is InChI=1S/C20H20N2O5/c1-12(20(25)26)14-6-5-7-15(10-14)21-18(23)11-22-16-8-3-4-9-17(16)27-13(2)19(22)24/h3-10,12-13H,11H2,1-2H3,(H,21,23)(H,25,26). The number of nitrogens with one attached hydrogen (secondary N) is 1. The van der Waals surface area contributed by atoms with E-state index in [0.717, 1.165) is 0 Å². The molecule has 0 aliphatic carbocycles. The molecule has 2 amide bonds. The highest BCUT2D eigenvalue weighted by atomic mass is 16.5. The lowest BCUT2D eigenvalue weighted by Crippen LogP contribution is -2.47. The molecule has 2 aromatic rings. The summed E-state index contributed by atoms with van der Waals surface area (Å²) in [6.07, 6.45) is -0.674. The van der Waals surface area contributed by atoms with Crippen molar-refractivity contribution in [3.05, 3.63) is 54.1 Å². The normalized spacial score (nSPS) is 16.9. The molecule has 0 saturated carbocycles. The maximum atomic E-state index is 12.5. The van der Waals surface area contributed by atoms with Gasteiger partial charge < -0.3 is 15.2 Å². The van der Waals surface area contributed by atoms with E-state index in [1.165, 1.54) is 4.90 Å². The molecular weight excluding hydrogens is 348 g/mol. The lowest BCUT2D eigenvalue weighted by atomic mass is 10.0. The van der Waals surface area contributed by atoms with Crippen LogP contribution in [0.4, 0.5) is 11.4 Å². The second-order valence-electron chi connectivity index (χ2n) is 6.39. The number of anilines is 2. The summed E-state index contributed by atoms with van der Waals surface area (Å²) in [6.45, 7) is 3.05. The Labute approximate surface area is 156 Å². The Kier molecular flexibility index (Phi) is 5.12. The molecule has 140 valence electrons. The number of rotatable bonds is 5. The van der Waals surface area contributed by atoms with E-state index in [9.17, 15) is 14.4 Å². The van der Waals surface area contributed by atoms with Crippen LogP contribution in [0.5, 0.6) is 5.75 Å². The Balaban J connectivity index is 1.76. The number of carbonyl (C=O) groups is 3. The van der Waals surface area contributed by atoms with Gasteiger partial charge in [-0.1, -0.05) is 24.3 Å². The predicted octanol–water partition coefficient (Wildman–Crippen LogP) is 2.63. The summed E-state index contributed by atoms with van der Waals surface area (Å²) in [4.78, 5) is 37.5. The van der Waals surface area contributed by atoms with Gasteiger partial charge in [0.2, 0.25) is 5.91 Å². The minimum absolute atomic E-state index is 0.164. The number of carboxylic acids is 1. The van der Waals surface area contributed by atoms with Crippen LogP contribution in [0, 0.1) is 0 Å². The van der Waals surface area contributed by atoms with Crippen molar-refractivity contribution in [3.63, 3.8) is 0 Å². The zero-order chi connectivity index (χ0) is 19.6. The van der Waals surface area contributed by atoms with Crippen molar-refractivity contribution in [1.29, 1.82) is 0 Å². The summed E-state index contributed by atoms with van der Waals surface area (Å²) in [7, 11) is 0. The molecule has 2 N–H and O–H groups in total. The number of amides is 2. The number of ether oxygens (including phenoxy) is 1. The molecule has 0 bridgehead atoms. The molecule has 0 spiro atoms. The van der Waals surface area contributed by atoms with Crippen LogP contribution in [-0.4, -0.2) is 35.5 Å². The van der Waals surface area contributed by atoms with Gasteiger partial charge in [-0.2, -0.15) is 0 Å². The van der Waals surface area contributed by atoms with Crippen molar-refractivity contribution in [2.75, 3.05) is 16.8 Å². The van der Waals surface area contributed by atoms with E-state index in [0.29, 0.717) is 22.7 Å². The third kappa shape index (κ3) is 3.92. The van der Waals surface area contributed by atoms with Crippen LogP contribution < -0.4 is 15.0 Å². The quantitative estimate of drug-likeness (QED) is 0.846. The number of fused-ring (bicyclic) bond motifs is 1. The maximum absolute atomic E-state index is 12.5. The molecule has 27 heavy (non-hydrogen) atoms. The topological polar surface area (TPSA) is 95.9 Å². The molecule has 2 atom stereocenters. The fraction of sp³-hybridized carbons (Fsp3) is 0.250. The molecule has 0 saturated heterocycles. The highest BCUT2D eigenvalue weighted by Crippen LogP contribution is 2.33. The van der Waals surface area contributed by atoms with Crippen LogP contribution in [0.3, 0.4) is 0 Å². The highest BCUT2D eigenvalue weighted by Gasteiger charge is 2.32. The Morgan fingerprint density at radius 3 is 2.70 bits per heavy atom. The minimum Gasteiger partial charge on any atom is -0.481 e. The van der Waals surface area contributed by atoms with Gasteiger partial charge >= 0.3 is 5.97 Å². The number of aliphatic carboxylic acids is 1. The molecule has 2 unspecified atom stereocenters. The minimum atomic E-state index is -0.942. The van der Waals surface area contributed by atoms with E-state index in [2.05, 4.69) is 5.32 Å². The first-order valence-electron chi connectivity index (χ1n) is 8.56. The smallest absolute Gasteiger partial charge is 0.310 e. The van der Waals surface area contributed by atoms with E-state index in [4.69, 9.17) is 9.84 Å². The van der Waals surface area contributed by atoms with Gasteiger partial charge in [0, 0.05) is 5.69 Å². The Morgan fingerprint density at radius 1 is 1.22 bits per heavy atom. The molecule has 2 aromatic carbocycles. The third-order valence-electron chi connectivity index (χ3n) is 4.42. The molecule has 7 heteroatoms. The van der Waals surface area contributed by atoms with E-state index < -0.39 is 18.0 Å². The Bertz CT molecular complexity index is 895. The largest absolute Gasteiger partial charge is 0.481 e. The van der Waals surface area contributed by atoms with Crippen molar-refractivity contribution in [1.82, 2.24) is 0 Å². The van der Waals surface area contributed by atoms with Crippen molar-refractivity contribution in [2.24, 2.45) is 0 Å². The number of hydrogen-bond donors (Lipinski definition) is 2. The number of nitrogens with zero attached hydrogens (tertiary/aromatic N) is 1. The highest BCUT2D eigenvalue weighted by molar-refractivity contribution is 6.06. The number of benzene rings is 2. The summed E-state index contributed by atoms with van der Waals surface area (Å²) in [5.74, 6) is -1.75. The number of carbonyl (C=O) groups excluding carboxylic acids is 2. The Hall–Kier alpha value is -3.35. The van der Waals surface area contributed by atoms with Gasteiger partial charge in [0.25, 0.3) is 5.91 Å². The second-order valence-corrected chi connectivity index (χ2v) is 6.39. The van der Waals surface area contributed by atoms with Crippen LogP contribution in [-0.2, 0) is 14.4 Å². The van der Waals surface area contributed by atoms with Crippen LogP contribution in [0.15, 0.2) is 48.5 Å². The van der Waals surface area contributed by atoms with Gasteiger partial charge in [-0.05, 0) is 43.7 Å². The van der Waals surface area contributed by atoms with Crippen molar-refractivity contribution in [3.8, 4) is 5.75 Å². The molecule has 3 rings (SSSR count). The fourth-order valence-electron chi connectivity index (χ4n) is 2.89. The summed E-state index contributed by atoms with van der Waals surface area (Å²) in [6, 6.07) is 13.7. The van der Waals surface area contributed by atoms with Crippen LogP contribution >= 0.6 is 0 Å². The van der Waals surface area contributed by atoms with Crippen LogP contribution in [0.25, 0.3) is 0 Å². The monoisotopic (exact) mass is 368 g/mol. The summed E-state index contributed by atoms with van der Waals surface area (Å²) in [5.41, 5.74) is 1.61. The van der Waals surface area contributed by atoms with Gasteiger partial charge in [-0.3, -0.25) is 19.3 Å². The van der Waals surface area contributed by atoms with Gasteiger partial charge in [0.05, 0.1) is 11.6 Å². The van der Waals surface area contributed by atoms with E-state index >= 15 is 0 Å². The zero-order valence-electron chi connectivity index (χ0n) is 15.0. The summed E-state index contributed by atoms with van der Waals surface area (Å²) < 4.78 is 5.56. The molecule has 1 aliphatic heterocycles. The lowest BCUT2D eigenvalue weighted by molar-refractivity contribution is -0.138. The first-order valence-corrected chi connectivity index (χ1v) is 8.56. The predicted molar refractivity (Wildman–Crippen MR) is 100 cm³/mol. The summed E-state index contributed by atoms with van der Waals surface area (Å²) >= 11 is 0. The fourth-order valence-corrected chi connectivity index (χ4v) is 2.89. The van der Waals surface area contributed by atoms with Gasteiger partial charge in [-0.25, -0.2) is 0 Å². The number of hydrogen-bond acceptors (Lipinski definition) is 4. The molecule has 7 nitrogen and oxygen atoms in total. The molecule has 1 heterocycles. The first kappa shape index (κ1) is 18.4. The second kappa shape index (κ2) is 7.49. The average molecular weight is 368 g/mol. The zero-order valence-corrected chi connectivity index (χ0v) is 15.0.